The maximum atomic E-state index is 6.13. The zero-order chi connectivity index (χ0) is 26.0. The third kappa shape index (κ3) is 4.60. The van der Waals surface area contributed by atoms with E-state index in [2.05, 4.69) is 71.7 Å². The monoisotopic (exact) mass is 501 g/mol. The fourth-order valence-electron chi connectivity index (χ4n) is 4.71. The van der Waals surface area contributed by atoms with Crippen LogP contribution >= 0.6 is 0 Å². The molecule has 2 heterocycles. The molecule has 39 heavy (non-hydrogen) atoms. The minimum atomic E-state index is 0.598. The van der Waals surface area contributed by atoms with Crippen LogP contribution in [-0.2, 0) is 0 Å². The summed E-state index contributed by atoms with van der Waals surface area (Å²) in [6.45, 7) is 0. The Morgan fingerprint density at radius 3 is 1.51 bits per heavy atom. The minimum absolute atomic E-state index is 0.598. The lowest BCUT2D eigenvalue weighted by molar-refractivity contribution is 0.620. The second kappa shape index (κ2) is 9.84. The highest BCUT2D eigenvalue weighted by Crippen LogP contribution is 2.31. The molecule has 4 heteroatoms. The van der Waals surface area contributed by atoms with Gasteiger partial charge in [0, 0.05) is 22.3 Å². The van der Waals surface area contributed by atoms with Gasteiger partial charge in [0.1, 0.15) is 5.52 Å². The Morgan fingerprint density at radius 2 is 0.872 bits per heavy atom. The van der Waals surface area contributed by atoms with Crippen molar-refractivity contribution in [3.8, 4) is 56.5 Å². The predicted octanol–water partition coefficient (Wildman–Crippen LogP) is 8.95. The molecule has 7 aromatic rings. The normalized spacial score (nSPS) is 11.1. The lowest BCUT2D eigenvalue weighted by Crippen LogP contribution is -1.96. The van der Waals surface area contributed by atoms with Crippen molar-refractivity contribution in [3.63, 3.8) is 0 Å². The first-order valence-electron chi connectivity index (χ1n) is 12.9. The van der Waals surface area contributed by atoms with Gasteiger partial charge in [-0.15, -0.1) is 0 Å². The molecule has 0 fully saturated rings. The van der Waals surface area contributed by atoms with Crippen molar-refractivity contribution in [2.75, 3.05) is 0 Å². The summed E-state index contributed by atoms with van der Waals surface area (Å²) < 4.78 is 6.13. The molecule has 5 aromatic carbocycles. The first-order chi connectivity index (χ1) is 19.3. The molecule has 4 nitrogen and oxygen atoms in total. The maximum Gasteiger partial charge on any atom is 0.227 e. The van der Waals surface area contributed by atoms with Crippen molar-refractivity contribution in [1.82, 2.24) is 15.0 Å². The predicted molar refractivity (Wildman–Crippen MR) is 157 cm³/mol. The van der Waals surface area contributed by atoms with Gasteiger partial charge in [0.05, 0.1) is 11.4 Å². The summed E-state index contributed by atoms with van der Waals surface area (Å²) in [5.41, 5.74) is 9.47. The molecule has 0 N–H and O–H groups in total. The van der Waals surface area contributed by atoms with Gasteiger partial charge in [-0.3, -0.25) is 0 Å². The Hall–Kier alpha value is -5.35. The molecule has 0 saturated heterocycles. The molecule has 0 aliphatic carbocycles. The van der Waals surface area contributed by atoms with Crippen LogP contribution in [0.5, 0.6) is 0 Å². The van der Waals surface area contributed by atoms with Crippen molar-refractivity contribution in [1.29, 1.82) is 0 Å². The summed E-state index contributed by atoms with van der Waals surface area (Å²) in [5.74, 6) is 1.24. The molecular weight excluding hydrogens is 478 g/mol. The van der Waals surface area contributed by atoms with Gasteiger partial charge in [-0.1, -0.05) is 103 Å². The van der Waals surface area contributed by atoms with Gasteiger partial charge in [-0.25, -0.2) is 15.0 Å². The van der Waals surface area contributed by atoms with Crippen molar-refractivity contribution in [2.45, 2.75) is 0 Å². The van der Waals surface area contributed by atoms with Gasteiger partial charge in [-0.05, 0) is 47.5 Å². The Balaban J connectivity index is 1.32. The van der Waals surface area contributed by atoms with E-state index in [-0.39, 0.29) is 0 Å². The van der Waals surface area contributed by atoms with E-state index < -0.39 is 0 Å². The van der Waals surface area contributed by atoms with Crippen molar-refractivity contribution in [3.05, 3.63) is 140 Å². The van der Waals surface area contributed by atoms with Gasteiger partial charge in [0.15, 0.2) is 11.4 Å². The number of oxazole rings is 1. The highest BCUT2D eigenvalue weighted by molar-refractivity contribution is 5.82. The minimum Gasteiger partial charge on any atom is -0.436 e. The molecule has 0 aliphatic rings. The van der Waals surface area contributed by atoms with E-state index in [9.17, 15) is 0 Å². The average Bonchev–Trinajstić information content (AvgIpc) is 3.46. The molecule has 0 radical (unpaired) electrons. The smallest absolute Gasteiger partial charge is 0.227 e. The third-order valence-electron chi connectivity index (χ3n) is 6.75. The van der Waals surface area contributed by atoms with E-state index in [4.69, 9.17) is 14.4 Å². The van der Waals surface area contributed by atoms with Gasteiger partial charge < -0.3 is 4.42 Å². The van der Waals surface area contributed by atoms with Crippen molar-refractivity contribution in [2.24, 2.45) is 0 Å². The molecule has 184 valence electrons. The van der Waals surface area contributed by atoms with Crippen LogP contribution in [0.25, 0.3) is 67.6 Å². The molecule has 0 aliphatic heterocycles. The van der Waals surface area contributed by atoms with Gasteiger partial charge in [-0.2, -0.15) is 0 Å². The van der Waals surface area contributed by atoms with Crippen LogP contribution in [0.15, 0.2) is 144 Å². The zero-order valence-corrected chi connectivity index (χ0v) is 21.0. The van der Waals surface area contributed by atoms with Gasteiger partial charge >= 0.3 is 0 Å². The van der Waals surface area contributed by atoms with Crippen molar-refractivity contribution < 1.29 is 4.42 Å². The number of rotatable bonds is 5. The fourth-order valence-corrected chi connectivity index (χ4v) is 4.71. The largest absolute Gasteiger partial charge is 0.436 e. The lowest BCUT2D eigenvalue weighted by Gasteiger charge is -2.10. The topological polar surface area (TPSA) is 51.8 Å². The van der Waals surface area contributed by atoms with Crippen LogP contribution < -0.4 is 0 Å². The maximum absolute atomic E-state index is 6.13. The van der Waals surface area contributed by atoms with E-state index >= 15 is 0 Å². The number of fused-ring (bicyclic) bond motifs is 1. The summed E-state index contributed by atoms with van der Waals surface area (Å²) in [4.78, 5) is 14.6. The number of benzene rings is 5. The standard InChI is InChI=1S/C35H23N3O/c1-4-10-24(11-5-1)25-16-18-27(19-17-25)32-23-31(26-12-6-2-7-13-26)36-34(37-32)29-20-21-30-33(22-29)39-35(38-30)28-14-8-3-9-15-28/h1-23H. The van der Waals surface area contributed by atoms with E-state index in [1.807, 2.05) is 72.8 Å². The number of hydrogen-bond acceptors (Lipinski definition) is 4. The molecule has 0 amide bonds. The molecule has 7 rings (SSSR count). The summed E-state index contributed by atoms with van der Waals surface area (Å²) >= 11 is 0. The zero-order valence-electron chi connectivity index (χ0n) is 21.0. The Labute approximate surface area is 226 Å². The van der Waals surface area contributed by atoms with Crippen LogP contribution in [0.1, 0.15) is 0 Å². The highest BCUT2D eigenvalue weighted by Gasteiger charge is 2.14. The van der Waals surface area contributed by atoms with E-state index in [0.29, 0.717) is 17.3 Å². The third-order valence-corrected chi connectivity index (χ3v) is 6.75. The fraction of sp³-hybridized carbons (Fsp3) is 0. The molecule has 0 spiro atoms. The van der Waals surface area contributed by atoms with Crippen LogP contribution in [0.4, 0.5) is 0 Å². The van der Waals surface area contributed by atoms with E-state index in [0.717, 1.165) is 39.2 Å². The average molecular weight is 502 g/mol. The first-order valence-corrected chi connectivity index (χ1v) is 12.9. The lowest BCUT2D eigenvalue weighted by atomic mass is 10.0. The van der Waals surface area contributed by atoms with Crippen LogP contribution in [0, 0.1) is 0 Å². The Morgan fingerprint density at radius 1 is 0.385 bits per heavy atom. The van der Waals surface area contributed by atoms with Crippen LogP contribution in [0.3, 0.4) is 0 Å². The van der Waals surface area contributed by atoms with Crippen LogP contribution in [-0.4, -0.2) is 15.0 Å². The summed E-state index contributed by atoms with van der Waals surface area (Å²) in [6, 6.07) is 47.0. The molecule has 2 aromatic heterocycles. The van der Waals surface area contributed by atoms with Crippen LogP contribution in [0.2, 0.25) is 0 Å². The second-order valence-corrected chi connectivity index (χ2v) is 9.34. The highest BCUT2D eigenvalue weighted by atomic mass is 16.3. The number of nitrogens with zero attached hydrogens (tertiary/aromatic N) is 3. The quantitative estimate of drug-likeness (QED) is 0.236. The van der Waals surface area contributed by atoms with Crippen molar-refractivity contribution >= 4 is 11.1 Å². The van der Waals surface area contributed by atoms with Gasteiger partial charge in [0.25, 0.3) is 0 Å². The summed E-state index contributed by atoms with van der Waals surface area (Å²) in [6.07, 6.45) is 0. The van der Waals surface area contributed by atoms with E-state index in [1.54, 1.807) is 0 Å². The molecule has 0 saturated carbocycles. The molecule has 0 unspecified atom stereocenters. The summed E-state index contributed by atoms with van der Waals surface area (Å²) in [7, 11) is 0. The number of hydrogen-bond donors (Lipinski definition) is 0. The van der Waals surface area contributed by atoms with Gasteiger partial charge in [0.2, 0.25) is 5.89 Å². The van der Waals surface area contributed by atoms with E-state index in [1.165, 1.54) is 11.1 Å². The Kier molecular flexibility index (Phi) is 5.76. The Bertz CT molecular complexity index is 1880. The first kappa shape index (κ1) is 22.8. The SMILES string of the molecule is c1ccc(-c2ccc(-c3cc(-c4ccccc4)nc(-c4ccc5nc(-c6ccccc6)oc5c4)n3)cc2)cc1. The summed E-state index contributed by atoms with van der Waals surface area (Å²) in [5, 5.41) is 0. The second-order valence-electron chi connectivity index (χ2n) is 9.34. The number of aromatic nitrogens is 3. The molecule has 0 atom stereocenters. The molecular formula is C35H23N3O. The molecule has 0 bridgehead atoms.